The molecule has 0 saturated heterocycles. The van der Waals surface area contributed by atoms with Gasteiger partial charge in [-0.15, -0.1) is 0 Å². The summed E-state index contributed by atoms with van der Waals surface area (Å²) in [5, 5.41) is 3.38. The maximum atomic E-state index is 5.57. The van der Waals surface area contributed by atoms with Crippen LogP contribution in [-0.4, -0.2) is 19.7 Å². The van der Waals surface area contributed by atoms with Gasteiger partial charge in [-0.2, -0.15) is 0 Å². The van der Waals surface area contributed by atoms with E-state index >= 15 is 0 Å². The summed E-state index contributed by atoms with van der Waals surface area (Å²) >= 11 is 0. The maximum Gasteiger partial charge on any atom is 0.119 e. The highest BCUT2D eigenvalue weighted by molar-refractivity contribution is 5.27. The monoisotopic (exact) mass is 235 g/mol. The fourth-order valence-corrected chi connectivity index (χ4v) is 1.81. The van der Waals surface area contributed by atoms with Crippen LogP contribution in [0.1, 0.15) is 32.8 Å². The number of rotatable bonds is 8. The second-order valence-corrected chi connectivity index (χ2v) is 4.61. The predicted molar refractivity (Wildman–Crippen MR) is 73.6 cm³/mol. The SMILES string of the molecule is CCCOc1ccc(CC(C)CNCC)cc1. The largest absolute Gasteiger partial charge is 0.494 e. The minimum Gasteiger partial charge on any atom is -0.494 e. The van der Waals surface area contributed by atoms with Gasteiger partial charge in [-0.1, -0.05) is 32.9 Å². The van der Waals surface area contributed by atoms with Gasteiger partial charge in [-0.05, 0) is 49.5 Å². The molecule has 96 valence electrons. The minimum atomic E-state index is 0.678. The van der Waals surface area contributed by atoms with E-state index in [0.29, 0.717) is 5.92 Å². The molecule has 0 fully saturated rings. The highest BCUT2D eigenvalue weighted by Gasteiger charge is 2.03. The molecule has 1 atom stereocenters. The Kier molecular flexibility index (Phi) is 6.71. The van der Waals surface area contributed by atoms with E-state index in [9.17, 15) is 0 Å². The highest BCUT2D eigenvalue weighted by Crippen LogP contribution is 2.15. The second-order valence-electron chi connectivity index (χ2n) is 4.61. The lowest BCUT2D eigenvalue weighted by Crippen LogP contribution is -2.21. The Balaban J connectivity index is 2.39. The van der Waals surface area contributed by atoms with Crippen molar-refractivity contribution in [3.05, 3.63) is 29.8 Å². The van der Waals surface area contributed by atoms with E-state index in [1.165, 1.54) is 5.56 Å². The van der Waals surface area contributed by atoms with Crippen molar-refractivity contribution >= 4 is 0 Å². The summed E-state index contributed by atoms with van der Waals surface area (Å²) in [4.78, 5) is 0. The Labute approximate surface area is 105 Å². The molecule has 0 aliphatic rings. The van der Waals surface area contributed by atoms with E-state index < -0.39 is 0 Å². The summed E-state index contributed by atoms with van der Waals surface area (Å²) in [5.41, 5.74) is 1.39. The Bertz CT molecular complexity index is 294. The van der Waals surface area contributed by atoms with Crippen molar-refractivity contribution in [2.45, 2.75) is 33.6 Å². The lowest BCUT2D eigenvalue weighted by molar-refractivity contribution is 0.317. The summed E-state index contributed by atoms with van der Waals surface area (Å²) < 4.78 is 5.57. The van der Waals surface area contributed by atoms with Crippen molar-refractivity contribution in [3.8, 4) is 5.75 Å². The van der Waals surface area contributed by atoms with Gasteiger partial charge in [0, 0.05) is 0 Å². The van der Waals surface area contributed by atoms with Crippen LogP contribution in [0.4, 0.5) is 0 Å². The summed E-state index contributed by atoms with van der Waals surface area (Å²) in [6.07, 6.45) is 2.18. The molecule has 17 heavy (non-hydrogen) atoms. The zero-order chi connectivity index (χ0) is 12.5. The van der Waals surface area contributed by atoms with Gasteiger partial charge in [-0.3, -0.25) is 0 Å². The average Bonchev–Trinajstić information content (AvgIpc) is 2.35. The van der Waals surface area contributed by atoms with Crippen molar-refractivity contribution in [2.24, 2.45) is 5.92 Å². The first-order valence-electron chi connectivity index (χ1n) is 6.68. The van der Waals surface area contributed by atoms with E-state index in [1.807, 2.05) is 0 Å². The van der Waals surface area contributed by atoms with Crippen LogP contribution in [0.25, 0.3) is 0 Å². The van der Waals surface area contributed by atoms with Gasteiger partial charge in [0.15, 0.2) is 0 Å². The first-order valence-corrected chi connectivity index (χ1v) is 6.68. The van der Waals surface area contributed by atoms with Crippen LogP contribution in [0.5, 0.6) is 5.75 Å². The molecular weight excluding hydrogens is 210 g/mol. The maximum absolute atomic E-state index is 5.57. The molecule has 0 radical (unpaired) electrons. The molecule has 0 amide bonds. The third-order valence-electron chi connectivity index (χ3n) is 2.72. The molecular formula is C15H25NO. The van der Waals surface area contributed by atoms with Crippen molar-refractivity contribution in [1.82, 2.24) is 5.32 Å². The van der Waals surface area contributed by atoms with Crippen molar-refractivity contribution < 1.29 is 4.74 Å². The van der Waals surface area contributed by atoms with Gasteiger partial charge in [0.2, 0.25) is 0 Å². The Morgan fingerprint density at radius 3 is 2.47 bits per heavy atom. The number of ether oxygens (including phenoxy) is 1. The van der Waals surface area contributed by atoms with Gasteiger partial charge < -0.3 is 10.1 Å². The summed E-state index contributed by atoms with van der Waals surface area (Å²) in [6, 6.07) is 8.50. The molecule has 0 spiro atoms. The molecule has 1 unspecified atom stereocenters. The van der Waals surface area contributed by atoms with E-state index in [1.54, 1.807) is 0 Å². The molecule has 0 bridgehead atoms. The zero-order valence-corrected chi connectivity index (χ0v) is 11.3. The van der Waals surface area contributed by atoms with Crippen molar-refractivity contribution in [1.29, 1.82) is 0 Å². The molecule has 2 nitrogen and oxygen atoms in total. The molecule has 1 rings (SSSR count). The number of benzene rings is 1. The normalized spacial score (nSPS) is 12.4. The van der Waals surface area contributed by atoms with E-state index in [-0.39, 0.29) is 0 Å². The topological polar surface area (TPSA) is 21.3 Å². The van der Waals surface area contributed by atoms with Gasteiger partial charge >= 0.3 is 0 Å². The van der Waals surface area contributed by atoms with Crippen LogP contribution in [-0.2, 0) is 6.42 Å². The Morgan fingerprint density at radius 1 is 1.18 bits per heavy atom. The van der Waals surface area contributed by atoms with E-state index in [4.69, 9.17) is 4.74 Å². The van der Waals surface area contributed by atoms with Gasteiger partial charge in [0.1, 0.15) is 5.75 Å². The molecule has 0 aliphatic carbocycles. The van der Waals surface area contributed by atoms with Crippen molar-refractivity contribution in [3.63, 3.8) is 0 Å². The first kappa shape index (κ1) is 14.0. The molecule has 0 aromatic heterocycles. The number of nitrogens with one attached hydrogen (secondary N) is 1. The van der Waals surface area contributed by atoms with Crippen LogP contribution < -0.4 is 10.1 Å². The third-order valence-corrected chi connectivity index (χ3v) is 2.72. The quantitative estimate of drug-likeness (QED) is 0.746. The molecule has 2 heteroatoms. The molecule has 1 aromatic carbocycles. The van der Waals surface area contributed by atoms with E-state index in [2.05, 4.69) is 50.4 Å². The average molecular weight is 235 g/mol. The number of hydrogen-bond donors (Lipinski definition) is 1. The predicted octanol–water partition coefficient (Wildman–Crippen LogP) is 3.26. The highest BCUT2D eigenvalue weighted by atomic mass is 16.5. The van der Waals surface area contributed by atoms with Crippen molar-refractivity contribution in [2.75, 3.05) is 19.7 Å². The smallest absolute Gasteiger partial charge is 0.119 e. The summed E-state index contributed by atoms with van der Waals surface area (Å²) in [6.45, 7) is 9.49. The van der Waals surface area contributed by atoms with E-state index in [0.717, 1.165) is 38.3 Å². The van der Waals surface area contributed by atoms with Crippen LogP contribution in [0.15, 0.2) is 24.3 Å². The van der Waals surface area contributed by atoms with Gasteiger partial charge in [0.25, 0.3) is 0 Å². The first-order chi connectivity index (χ1) is 8.26. The lowest BCUT2D eigenvalue weighted by atomic mass is 10.0. The fraction of sp³-hybridized carbons (Fsp3) is 0.600. The van der Waals surface area contributed by atoms with Gasteiger partial charge in [0.05, 0.1) is 6.61 Å². The van der Waals surface area contributed by atoms with Crippen LogP contribution in [0.3, 0.4) is 0 Å². The number of hydrogen-bond acceptors (Lipinski definition) is 2. The fourth-order valence-electron chi connectivity index (χ4n) is 1.81. The third kappa shape index (κ3) is 5.73. The lowest BCUT2D eigenvalue weighted by Gasteiger charge is -2.12. The summed E-state index contributed by atoms with van der Waals surface area (Å²) in [5.74, 6) is 1.66. The Hall–Kier alpha value is -1.02. The van der Waals surface area contributed by atoms with Crippen LogP contribution >= 0.6 is 0 Å². The summed E-state index contributed by atoms with van der Waals surface area (Å²) in [7, 11) is 0. The standard InChI is InChI=1S/C15H25NO/c1-4-10-17-15-8-6-14(7-9-15)11-13(3)12-16-5-2/h6-9,13,16H,4-5,10-12H2,1-3H3. The second kappa shape index (κ2) is 8.13. The molecule has 0 heterocycles. The molecule has 1 aromatic rings. The Morgan fingerprint density at radius 2 is 1.88 bits per heavy atom. The molecule has 0 aliphatic heterocycles. The molecule has 0 saturated carbocycles. The van der Waals surface area contributed by atoms with Gasteiger partial charge in [-0.25, -0.2) is 0 Å². The minimum absolute atomic E-state index is 0.678. The molecule has 1 N–H and O–H groups in total. The zero-order valence-electron chi connectivity index (χ0n) is 11.3. The van der Waals surface area contributed by atoms with Crippen LogP contribution in [0, 0.1) is 5.92 Å². The van der Waals surface area contributed by atoms with Crippen LogP contribution in [0.2, 0.25) is 0 Å².